The summed E-state index contributed by atoms with van der Waals surface area (Å²) in [6.45, 7) is 12.1. The summed E-state index contributed by atoms with van der Waals surface area (Å²) in [5, 5.41) is 0. The summed E-state index contributed by atoms with van der Waals surface area (Å²) in [5.74, 6) is -1.96. The zero-order chi connectivity index (χ0) is 27.7. The molecule has 1 atom stereocenters. The first kappa shape index (κ1) is 31.1. The van der Waals surface area contributed by atoms with E-state index >= 15 is 0 Å². The molecule has 0 aliphatic heterocycles. The highest BCUT2D eigenvalue weighted by atomic mass is 16.6. The normalized spacial score (nSPS) is 13.4. The van der Waals surface area contributed by atoms with E-state index in [4.69, 9.17) is 24.7 Å². The Morgan fingerprint density at radius 1 is 0.861 bits per heavy atom. The van der Waals surface area contributed by atoms with Crippen LogP contribution in [-0.4, -0.2) is 43.1 Å². The highest BCUT2D eigenvalue weighted by molar-refractivity contribution is 5.82. The number of esters is 4. The lowest BCUT2D eigenvalue weighted by atomic mass is 9.88. The Morgan fingerprint density at radius 3 is 1.92 bits per heavy atom. The predicted molar refractivity (Wildman–Crippen MR) is 134 cm³/mol. The summed E-state index contributed by atoms with van der Waals surface area (Å²) in [6, 6.07) is 4.62. The van der Waals surface area contributed by atoms with Gasteiger partial charge in [0.2, 0.25) is 0 Å². The number of unbranched alkanes of at least 4 members (excludes halogenated alkanes) is 1. The molecule has 0 spiro atoms. The molecule has 0 aromatic heterocycles. The fraction of sp³-hybridized carbons (Fsp3) is 0.630. The molecule has 9 nitrogen and oxygen atoms in total. The van der Waals surface area contributed by atoms with Crippen molar-refractivity contribution >= 4 is 23.9 Å². The standard InChI is InChI=1S/C27H41NO8/c1-9-10-11-21(29)34-15-14-27(28,24(32)33-8)17-18-12-13-19(35-22(30)25(2,3)4)20(16-18)36-23(31)26(5,6)7/h12-13,16H,9-11,14-15,17,28H2,1-8H3/t27-/m1/s1. The van der Waals surface area contributed by atoms with Gasteiger partial charge in [-0.15, -0.1) is 0 Å². The third-order valence-corrected chi connectivity index (χ3v) is 5.30. The minimum Gasteiger partial charge on any atom is -0.468 e. The summed E-state index contributed by atoms with van der Waals surface area (Å²) in [6.07, 6.45) is 1.89. The summed E-state index contributed by atoms with van der Waals surface area (Å²) in [5.41, 5.74) is 3.84. The average molecular weight is 508 g/mol. The summed E-state index contributed by atoms with van der Waals surface area (Å²) in [7, 11) is 1.22. The Hall–Kier alpha value is -2.94. The van der Waals surface area contributed by atoms with Crippen molar-refractivity contribution in [1.82, 2.24) is 0 Å². The Balaban J connectivity index is 3.23. The van der Waals surface area contributed by atoms with E-state index < -0.39 is 34.3 Å². The monoisotopic (exact) mass is 507 g/mol. The number of hydrogen-bond acceptors (Lipinski definition) is 9. The molecule has 36 heavy (non-hydrogen) atoms. The Morgan fingerprint density at radius 2 is 1.42 bits per heavy atom. The molecule has 0 aliphatic carbocycles. The van der Waals surface area contributed by atoms with Crippen LogP contribution in [0.1, 0.15) is 79.7 Å². The number of ether oxygens (including phenoxy) is 4. The molecule has 0 unspecified atom stereocenters. The molecule has 9 heteroatoms. The molecule has 0 fully saturated rings. The molecule has 1 aromatic rings. The van der Waals surface area contributed by atoms with Crippen LogP contribution in [0.2, 0.25) is 0 Å². The van der Waals surface area contributed by atoms with Gasteiger partial charge in [0.05, 0.1) is 24.5 Å². The minimum absolute atomic E-state index is 0.000249. The van der Waals surface area contributed by atoms with Crippen molar-refractivity contribution < 1.29 is 38.1 Å². The molecular formula is C27H41NO8. The van der Waals surface area contributed by atoms with Crippen molar-refractivity contribution in [3.63, 3.8) is 0 Å². The molecule has 0 heterocycles. The summed E-state index contributed by atoms with van der Waals surface area (Å²) < 4.78 is 21.2. The van der Waals surface area contributed by atoms with Gasteiger partial charge in [0.15, 0.2) is 11.5 Å². The molecule has 0 saturated heterocycles. The van der Waals surface area contributed by atoms with Gasteiger partial charge < -0.3 is 24.7 Å². The quantitative estimate of drug-likeness (QED) is 0.347. The summed E-state index contributed by atoms with van der Waals surface area (Å²) >= 11 is 0. The van der Waals surface area contributed by atoms with E-state index in [0.29, 0.717) is 18.4 Å². The fourth-order valence-electron chi connectivity index (χ4n) is 2.90. The molecule has 1 rings (SSSR count). The highest BCUT2D eigenvalue weighted by Gasteiger charge is 2.36. The number of benzene rings is 1. The van der Waals surface area contributed by atoms with E-state index in [1.54, 1.807) is 47.6 Å². The van der Waals surface area contributed by atoms with Crippen molar-refractivity contribution in [2.24, 2.45) is 16.6 Å². The fourth-order valence-corrected chi connectivity index (χ4v) is 2.90. The van der Waals surface area contributed by atoms with E-state index in [-0.39, 0.29) is 36.9 Å². The van der Waals surface area contributed by atoms with Crippen LogP contribution in [0.3, 0.4) is 0 Å². The van der Waals surface area contributed by atoms with Gasteiger partial charge in [-0.05, 0) is 65.7 Å². The van der Waals surface area contributed by atoms with Crippen LogP contribution in [0.25, 0.3) is 0 Å². The molecular weight excluding hydrogens is 466 g/mol. The van der Waals surface area contributed by atoms with Gasteiger partial charge in [0, 0.05) is 19.3 Å². The van der Waals surface area contributed by atoms with Gasteiger partial charge in [0.1, 0.15) is 5.54 Å². The van der Waals surface area contributed by atoms with E-state index in [1.165, 1.54) is 19.2 Å². The number of nitrogens with two attached hydrogens (primary N) is 1. The Labute approximate surface area is 214 Å². The van der Waals surface area contributed by atoms with Gasteiger partial charge >= 0.3 is 23.9 Å². The Kier molecular flexibility index (Phi) is 11.1. The van der Waals surface area contributed by atoms with Crippen LogP contribution in [0, 0.1) is 10.8 Å². The maximum absolute atomic E-state index is 12.6. The van der Waals surface area contributed by atoms with Gasteiger partial charge in [0.25, 0.3) is 0 Å². The van der Waals surface area contributed by atoms with Crippen LogP contribution >= 0.6 is 0 Å². The average Bonchev–Trinajstić information content (AvgIpc) is 2.77. The van der Waals surface area contributed by atoms with Crippen LogP contribution in [0.5, 0.6) is 11.5 Å². The van der Waals surface area contributed by atoms with E-state index in [0.717, 1.165) is 6.42 Å². The third kappa shape index (κ3) is 9.60. The second-order valence-corrected chi connectivity index (χ2v) is 11.0. The van der Waals surface area contributed by atoms with E-state index in [2.05, 4.69) is 0 Å². The lowest BCUT2D eigenvalue weighted by molar-refractivity contribution is -0.151. The number of rotatable bonds is 11. The second kappa shape index (κ2) is 12.9. The second-order valence-electron chi connectivity index (χ2n) is 11.0. The van der Waals surface area contributed by atoms with Crippen LogP contribution in [-0.2, 0) is 35.1 Å². The zero-order valence-electron chi connectivity index (χ0n) is 22.8. The first-order chi connectivity index (χ1) is 16.5. The molecule has 0 bridgehead atoms. The molecule has 0 amide bonds. The topological polar surface area (TPSA) is 131 Å². The molecule has 202 valence electrons. The lowest BCUT2D eigenvalue weighted by Crippen LogP contribution is -2.51. The van der Waals surface area contributed by atoms with Gasteiger partial charge in [-0.3, -0.25) is 19.2 Å². The first-order valence-electron chi connectivity index (χ1n) is 12.1. The van der Waals surface area contributed by atoms with E-state index in [1.807, 2.05) is 6.92 Å². The molecule has 0 saturated carbocycles. The van der Waals surface area contributed by atoms with Gasteiger partial charge in [-0.1, -0.05) is 19.4 Å². The number of methoxy groups -OCH3 is 1. The van der Waals surface area contributed by atoms with Crippen molar-refractivity contribution in [3.8, 4) is 11.5 Å². The Bertz CT molecular complexity index is 942. The number of hydrogen-bond donors (Lipinski definition) is 1. The molecule has 0 aliphatic rings. The van der Waals surface area contributed by atoms with Crippen LogP contribution < -0.4 is 15.2 Å². The molecule has 0 radical (unpaired) electrons. The predicted octanol–water partition coefficient (Wildman–Crippen LogP) is 4.13. The smallest absolute Gasteiger partial charge is 0.326 e. The lowest BCUT2D eigenvalue weighted by Gasteiger charge is -2.27. The maximum atomic E-state index is 12.6. The van der Waals surface area contributed by atoms with E-state index in [9.17, 15) is 19.2 Å². The molecule has 2 N–H and O–H groups in total. The van der Waals surface area contributed by atoms with Crippen LogP contribution in [0.15, 0.2) is 18.2 Å². The largest absolute Gasteiger partial charge is 0.468 e. The SMILES string of the molecule is CCCCC(=O)OCC[C@@](N)(Cc1ccc(OC(=O)C(C)(C)C)c(OC(=O)C(C)(C)C)c1)C(=O)OC. The van der Waals surface area contributed by atoms with Gasteiger partial charge in [-0.25, -0.2) is 0 Å². The van der Waals surface area contributed by atoms with Gasteiger partial charge in [-0.2, -0.15) is 0 Å². The molecule has 1 aromatic carbocycles. The van der Waals surface area contributed by atoms with Crippen LogP contribution in [0.4, 0.5) is 0 Å². The summed E-state index contributed by atoms with van der Waals surface area (Å²) in [4.78, 5) is 49.5. The van der Waals surface area contributed by atoms with Crippen molar-refractivity contribution in [2.45, 2.75) is 86.1 Å². The number of carbonyl (C=O) groups excluding carboxylic acids is 4. The number of carbonyl (C=O) groups is 4. The van der Waals surface area contributed by atoms with Crippen molar-refractivity contribution in [1.29, 1.82) is 0 Å². The first-order valence-corrected chi connectivity index (χ1v) is 12.1. The maximum Gasteiger partial charge on any atom is 0.326 e. The minimum atomic E-state index is -1.51. The highest BCUT2D eigenvalue weighted by Crippen LogP contribution is 2.33. The zero-order valence-corrected chi connectivity index (χ0v) is 22.8. The van der Waals surface area contributed by atoms with Crippen molar-refractivity contribution in [3.05, 3.63) is 23.8 Å². The van der Waals surface area contributed by atoms with Crippen molar-refractivity contribution in [2.75, 3.05) is 13.7 Å². The third-order valence-electron chi connectivity index (χ3n) is 5.30.